The van der Waals surface area contributed by atoms with Crippen molar-refractivity contribution in [2.45, 2.75) is 25.0 Å². The van der Waals surface area contributed by atoms with Crippen LogP contribution in [-0.4, -0.2) is 51.1 Å². The van der Waals surface area contributed by atoms with Gasteiger partial charge < -0.3 is 15.2 Å². The normalized spacial score (nSPS) is 18.9. The summed E-state index contributed by atoms with van der Waals surface area (Å²) in [6.45, 7) is 0.764. The van der Waals surface area contributed by atoms with Crippen LogP contribution in [0.4, 0.5) is 0 Å². The molecule has 158 valence electrons. The smallest absolute Gasteiger partial charge is 0.270 e. The maximum Gasteiger partial charge on any atom is 0.270 e. The maximum atomic E-state index is 12.9. The van der Waals surface area contributed by atoms with Gasteiger partial charge in [0.05, 0.1) is 34.7 Å². The van der Waals surface area contributed by atoms with Crippen LogP contribution >= 0.6 is 11.3 Å². The van der Waals surface area contributed by atoms with Crippen molar-refractivity contribution in [1.82, 2.24) is 20.1 Å². The first-order chi connectivity index (χ1) is 15.2. The van der Waals surface area contributed by atoms with Crippen molar-refractivity contribution in [1.29, 1.82) is 0 Å². The van der Waals surface area contributed by atoms with Gasteiger partial charge in [0.15, 0.2) is 0 Å². The lowest BCUT2D eigenvalue weighted by atomic mass is 10.0. The number of benzene rings is 1. The first-order valence-corrected chi connectivity index (χ1v) is 11.1. The predicted octanol–water partition coefficient (Wildman–Crippen LogP) is 2.95. The van der Waals surface area contributed by atoms with Gasteiger partial charge in [-0.15, -0.1) is 11.3 Å². The number of carbonyl (C=O) groups excluding carboxylic acids is 1. The molecule has 4 heterocycles. The van der Waals surface area contributed by atoms with E-state index in [-0.39, 0.29) is 18.6 Å². The number of hydrogen-bond acceptors (Lipinski definition) is 6. The van der Waals surface area contributed by atoms with Crippen molar-refractivity contribution >= 4 is 27.5 Å². The van der Waals surface area contributed by atoms with Gasteiger partial charge in [-0.05, 0) is 59.7 Å². The van der Waals surface area contributed by atoms with Crippen LogP contribution in [0.25, 0.3) is 15.9 Å². The minimum Gasteiger partial charge on any atom is -0.389 e. The summed E-state index contributed by atoms with van der Waals surface area (Å²) in [5, 5.41) is 19.2. The van der Waals surface area contributed by atoms with E-state index in [1.54, 1.807) is 17.5 Å². The van der Waals surface area contributed by atoms with E-state index in [1.165, 1.54) is 0 Å². The van der Waals surface area contributed by atoms with Crippen molar-refractivity contribution in [3.05, 3.63) is 77.1 Å². The molecular formula is C23H22N4O3S. The van der Waals surface area contributed by atoms with Crippen LogP contribution in [-0.2, 0) is 11.2 Å². The third-order valence-corrected chi connectivity index (χ3v) is 6.44. The van der Waals surface area contributed by atoms with Crippen LogP contribution in [0.15, 0.2) is 60.2 Å². The molecule has 7 nitrogen and oxygen atoms in total. The number of amides is 1. The van der Waals surface area contributed by atoms with Gasteiger partial charge in [-0.3, -0.25) is 4.79 Å². The predicted molar refractivity (Wildman–Crippen MR) is 119 cm³/mol. The molecule has 2 N–H and O–H groups in total. The molecule has 0 aliphatic carbocycles. The number of ether oxygens (including phenoxy) is 1. The number of pyridine rings is 1. The number of fused-ring (bicyclic) bond motifs is 1. The summed E-state index contributed by atoms with van der Waals surface area (Å²) in [4.78, 5) is 17.4. The van der Waals surface area contributed by atoms with Gasteiger partial charge in [0.2, 0.25) is 0 Å². The van der Waals surface area contributed by atoms with Crippen molar-refractivity contribution in [3.63, 3.8) is 0 Å². The summed E-state index contributed by atoms with van der Waals surface area (Å²) < 4.78 is 8.15. The Morgan fingerprint density at radius 1 is 1.29 bits per heavy atom. The fraction of sp³-hybridized carbons (Fsp3) is 0.261. The van der Waals surface area contributed by atoms with E-state index < -0.39 is 6.10 Å². The molecule has 0 saturated carbocycles. The molecule has 1 amide bonds. The second-order valence-electron chi connectivity index (χ2n) is 7.61. The average Bonchev–Trinajstić information content (AvgIpc) is 3.48. The highest BCUT2D eigenvalue weighted by Gasteiger charge is 2.26. The second kappa shape index (κ2) is 8.58. The molecule has 1 fully saturated rings. The number of carbonyl (C=O) groups is 1. The maximum absolute atomic E-state index is 12.9. The zero-order valence-electron chi connectivity index (χ0n) is 16.8. The molecule has 0 bridgehead atoms. The zero-order chi connectivity index (χ0) is 21.2. The average molecular weight is 435 g/mol. The monoisotopic (exact) mass is 434 g/mol. The Labute approximate surface area is 183 Å². The summed E-state index contributed by atoms with van der Waals surface area (Å²) in [6, 6.07) is 13.6. The van der Waals surface area contributed by atoms with Crippen molar-refractivity contribution in [2.75, 3.05) is 13.2 Å². The zero-order valence-corrected chi connectivity index (χ0v) is 17.6. The van der Waals surface area contributed by atoms with Crippen LogP contribution in [0.5, 0.6) is 0 Å². The lowest BCUT2D eigenvalue weighted by Crippen LogP contribution is -2.48. The van der Waals surface area contributed by atoms with E-state index in [4.69, 9.17) is 4.74 Å². The quantitative estimate of drug-likeness (QED) is 0.504. The molecule has 3 aromatic heterocycles. The van der Waals surface area contributed by atoms with Crippen molar-refractivity contribution in [3.8, 4) is 5.69 Å². The van der Waals surface area contributed by atoms with E-state index in [9.17, 15) is 9.90 Å². The minimum absolute atomic E-state index is 0.238. The molecule has 8 heteroatoms. The van der Waals surface area contributed by atoms with Crippen LogP contribution < -0.4 is 5.32 Å². The topological polar surface area (TPSA) is 89.3 Å². The molecule has 1 aliphatic rings. The Kier molecular flexibility index (Phi) is 5.50. The Morgan fingerprint density at radius 3 is 2.94 bits per heavy atom. The highest BCUT2D eigenvalue weighted by Crippen LogP contribution is 2.27. The highest BCUT2D eigenvalue weighted by molar-refractivity contribution is 7.17. The molecule has 0 spiro atoms. The van der Waals surface area contributed by atoms with E-state index in [1.807, 2.05) is 46.6 Å². The fourth-order valence-electron chi connectivity index (χ4n) is 3.81. The summed E-state index contributed by atoms with van der Waals surface area (Å²) in [5.74, 6) is -0.269. The van der Waals surface area contributed by atoms with Gasteiger partial charge in [-0.2, -0.15) is 5.10 Å². The number of aromatic nitrogens is 3. The van der Waals surface area contributed by atoms with Crippen LogP contribution in [0, 0.1) is 0 Å². The Balaban J connectivity index is 1.39. The second-order valence-corrected chi connectivity index (χ2v) is 8.52. The number of hydrogen-bond donors (Lipinski definition) is 2. The molecule has 1 aliphatic heterocycles. The number of thiophene rings is 1. The van der Waals surface area contributed by atoms with Gasteiger partial charge in [-0.1, -0.05) is 12.1 Å². The molecule has 0 unspecified atom stereocenters. The van der Waals surface area contributed by atoms with E-state index in [0.717, 1.165) is 27.0 Å². The molecule has 1 aromatic carbocycles. The first kappa shape index (κ1) is 19.9. The van der Waals surface area contributed by atoms with Gasteiger partial charge in [0.1, 0.15) is 5.69 Å². The molecule has 1 saturated heterocycles. The molecule has 31 heavy (non-hydrogen) atoms. The third kappa shape index (κ3) is 4.23. The molecule has 5 rings (SSSR count). The molecule has 0 radical (unpaired) electrons. The fourth-order valence-corrected chi connectivity index (χ4v) is 4.66. The summed E-state index contributed by atoms with van der Waals surface area (Å²) in [6.07, 6.45) is 4.25. The lowest BCUT2D eigenvalue weighted by Gasteiger charge is -2.28. The van der Waals surface area contributed by atoms with E-state index >= 15 is 0 Å². The Hall–Kier alpha value is -3.07. The number of nitrogens with one attached hydrogen (secondary N) is 1. The van der Waals surface area contributed by atoms with Crippen molar-refractivity contribution < 1.29 is 14.6 Å². The summed E-state index contributed by atoms with van der Waals surface area (Å²) in [5.41, 5.74) is 4.38. The number of rotatable bonds is 5. The van der Waals surface area contributed by atoms with Crippen LogP contribution in [0.2, 0.25) is 0 Å². The highest BCUT2D eigenvalue weighted by atomic mass is 32.1. The number of nitrogens with zero attached hydrogens (tertiary/aromatic N) is 3. The van der Waals surface area contributed by atoms with E-state index in [2.05, 4.69) is 27.5 Å². The van der Waals surface area contributed by atoms with Gasteiger partial charge in [0.25, 0.3) is 5.91 Å². The van der Waals surface area contributed by atoms with Crippen LogP contribution in [0.1, 0.15) is 28.0 Å². The number of aliphatic hydroxyl groups is 1. The third-order valence-electron chi connectivity index (χ3n) is 5.46. The minimum atomic E-state index is -0.699. The van der Waals surface area contributed by atoms with Crippen LogP contribution in [0.3, 0.4) is 0 Å². The Morgan fingerprint density at radius 2 is 2.16 bits per heavy atom. The SMILES string of the molecule is O=C(N[C@@H]1CCOC[C@H]1O)c1cc(Cc2ccc(-n3cccn3)cc2)c2sccc2n1. The molecule has 4 aromatic rings. The van der Waals surface area contributed by atoms with Gasteiger partial charge in [-0.25, -0.2) is 9.67 Å². The molecule has 2 atom stereocenters. The van der Waals surface area contributed by atoms with E-state index in [0.29, 0.717) is 25.1 Å². The lowest BCUT2D eigenvalue weighted by molar-refractivity contribution is -0.0261. The summed E-state index contributed by atoms with van der Waals surface area (Å²) in [7, 11) is 0. The van der Waals surface area contributed by atoms with Crippen molar-refractivity contribution in [2.24, 2.45) is 0 Å². The Bertz CT molecular complexity index is 1190. The largest absolute Gasteiger partial charge is 0.389 e. The number of aliphatic hydroxyl groups excluding tert-OH is 1. The molecular weight excluding hydrogens is 412 g/mol. The van der Waals surface area contributed by atoms with Gasteiger partial charge in [0, 0.05) is 19.0 Å². The first-order valence-electron chi connectivity index (χ1n) is 10.2. The standard InChI is InChI=1S/C23H22N4O3S/c28-21-14-30-10-6-18(21)26-23(29)20-13-16(22-19(25-20)7-11-31-22)12-15-2-4-17(5-3-15)27-9-1-8-24-27/h1-5,7-9,11,13,18,21,28H,6,10,12,14H2,(H,26,29)/t18-,21-/m1/s1. The van der Waals surface area contributed by atoms with Gasteiger partial charge >= 0.3 is 0 Å². The summed E-state index contributed by atoms with van der Waals surface area (Å²) >= 11 is 1.63.